The zero-order valence-corrected chi connectivity index (χ0v) is 15.1. The van der Waals surface area contributed by atoms with Crippen molar-refractivity contribution in [1.29, 1.82) is 0 Å². The second-order valence-electron chi connectivity index (χ2n) is 4.37. The third kappa shape index (κ3) is 4.11. The minimum atomic E-state index is 0.679. The van der Waals surface area contributed by atoms with Crippen LogP contribution in [-0.2, 0) is 13.6 Å². The molecule has 9 heteroatoms. The normalized spacial score (nSPS) is 10.7. The molecule has 120 valence electrons. The first kappa shape index (κ1) is 17.0. The molecule has 0 bridgehead atoms. The van der Waals surface area contributed by atoms with Crippen LogP contribution in [0.4, 0.5) is 0 Å². The summed E-state index contributed by atoms with van der Waals surface area (Å²) in [6, 6.07) is 3.84. The molecule has 0 saturated carbocycles. The van der Waals surface area contributed by atoms with Gasteiger partial charge < -0.3 is 14.8 Å². The molecule has 1 N–H and O–H groups in total. The van der Waals surface area contributed by atoms with Crippen molar-refractivity contribution in [3.05, 3.63) is 22.2 Å². The Kier molecular flexibility index (Phi) is 6.47. The van der Waals surface area contributed by atoms with Crippen molar-refractivity contribution in [3.63, 3.8) is 0 Å². The number of hydrogen-bond acceptors (Lipinski definition) is 7. The van der Waals surface area contributed by atoms with Crippen molar-refractivity contribution >= 4 is 27.7 Å². The Hall–Kier alpha value is -1.32. The zero-order valence-electron chi connectivity index (χ0n) is 12.7. The molecule has 0 spiro atoms. The molecule has 0 saturated heterocycles. The average Bonchev–Trinajstić information content (AvgIpc) is 2.93. The molecule has 1 aromatic heterocycles. The van der Waals surface area contributed by atoms with Crippen LogP contribution >= 0.6 is 27.7 Å². The summed E-state index contributed by atoms with van der Waals surface area (Å²) >= 11 is 5.16. The lowest BCUT2D eigenvalue weighted by Crippen LogP contribution is -2.17. The summed E-state index contributed by atoms with van der Waals surface area (Å²) < 4.78 is 13.4. The highest BCUT2D eigenvalue weighted by molar-refractivity contribution is 9.10. The molecule has 1 aromatic carbocycles. The summed E-state index contributed by atoms with van der Waals surface area (Å²) in [7, 11) is 5.10. The van der Waals surface area contributed by atoms with Gasteiger partial charge in [-0.05, 0) is 22.6 Å². The van der Waals surface area contributed by atoms with E-state index in [2.05, 4.69) is 36.8 Å². The van der Waals surface area contributed by atoms with Crippen LogP contribution in [0.3, 0.4) is 0 Å². The van der Waals surface area contributed by atoms with Crippen molar-refractivity contribution < 1.29 is 9.47 Å². The van der Waals surface area contributed by atoms with Gasteiger partial charge in [0.25, 0.3) is 0 Å². The molecule has 0 fully saturated rings. The number of benzene rings is 1. The summed E-state index contributed by atoms with van der Waals surface area (Å²) in [5, 5.41) is 15.5. The quantitative estimate of drug-likeness (QED) is 0.547. The third-order valence-corrected chi connectivity index (χ3v) is 4.74. The molecule has 0 aliphatic rings. The molecule has 22 heavy (non-hydrogen) atoms. The van der Waals surface area contributed by atoms with E-state index < -0.39 is 0 Å². The maximum absolute atomic E-state index is 5.45. The van der Waals surface area contributed by atoms with Crippen molar-refractivity contribution in [3.8, 4) is 11.5 Å². The van der Waals surface area contributed by atoms with Crippen molar-refractivity contribution in [1.82, 2.24) is 25.5 Å². The summed E-state index contributed by atoms with van der Waals surface area (Å²) in [4.78, 5) is 0. The van der Waals surface area contributed by atoms with Crippen LogP contribution in [0.15, 0.2) is 21.8 Å². The van der Waals surface area contributed by atoms with E-state index in [0.717, 1.165) is 39.0 Å². The van der Waals surface area contributed by atoms with E-state index in [9.17, 15) is 0 Å². The van der Waals surface area contributed by atoms with Gasteiger partial charge in [0.2, 0.25) is 5.16 Å². The van der Waals surface area contributed by atoms with Gasteiger partial charge in [0.15, 0.2) is 11.5 Å². The van der Waals surface area contributed by atoms with Crippen molar-refractivity contribution in [2.75, 3.05) is 26.5 Å². The number of rotatable bonds is 8. The summed E-state index contributed by atoms with van der Waals surface area (Å²) in [5.74, 6) is 2.34. The topological polar surface area (TPSA) is 74.1 Å². The minimum absolute atomic E-state index is 0.679. The molecular weight excluding hydrogens is 370 g/mol. The zero-order chi connectivity index (χ0) is 15.9. The van der Waals surface area contributed by atoms with Gasteiger partial charge in [-0.2, -0.15) is 0 Å². The SMILES string of the molecule is COc1ccc(Br)c(CNCCSc2nnnn2C)c1OC. The fraction of sp³-hybridized carbons (Fsp3) is 0.462. The van der Waals surface area contributed by atoms with Crippen molar-refractivity contribution in [2.45, 2.75) is 11.7 Å². The molecule has 0 aliphatic heterocycles. The number of halogens is 1. The molecule has 0 unspecified atom stereocenters. The van der Waals surface area contributed by atoms with Gasteiger partial charge >= 0.3 is 0 Å². The van der Waals surface area contributed by atoms with Gasteiger partial charge in [-0.1, -0.05) is 27.7 Å². The smallest absolute Gasteiger partial charge is 0.209 e. The van der Waals surface area contributed by atoms with E-state index in [-0.39, 0.29) is 0 Å². The van der Waals surface area contributed by atoms with Gasteiger partial charge in [-0.15, -0.1) is 5.10 Å². The molecule has 0 aliphatic carbocycles. The standard InChI is InChI=1S/C13H18BrN5O2S/c1-19-13(16-17-18-19)22-7-6-15-8-9-10(14)4-5-11(20-2)12(9)21-3/h4-5,15H,6-8H2,1-3H3. The molecular formula is C13H18BrN5O2S. The number of aryl methyl sites for hydroxylation is 1. The number of thioether (sulfide) groups is 1. The Morgan fingerprint density at radius 3 is 2.77 bits per heavy atom. The van der Waals surface area contributed by atoms with Crippen LogP contribution in [0, 0.1) is 0 Å². The first-order valence-corrected chi connectivity index (χ1v) is 8.40. The maximum Gasteiger partial charge on any atom is 0.209 e. The van der Waals surface area contributed by atoms with E-state index in [1.807, 2.05) is 19.2 Å². The average molecular weight is 388 g/mol. The fourth-order valence-electron chi connectivity index (χ4n) is 1.90. The third-order valence-electron chi connectivity index (χ3n) is 2.98. The Labute approximate surface area is 141 Å². The lowest BCUT2D eigenvalue weighted by Gasteiger charge is -2.15. The fourth-order valence-corrected chi connectivity index (χ4v) is 3.10. The monoisotopic (exact) mass is 387 g/mol. The molecule has 0 amide bonds. The van der Waals surface area contributed by atoms with Gasteiger partial charge in [-0.25, -0.2) is 4.68 Å². The van der Waals surface area contributed by atoms with Crippen molar-refractivity contribution in [2.24, 2.45) is 7.05 Å². The van der Waals surface area contributed by atoms with Gasteiger partial charge in [0.1, 0.15) is 0 Å². The Morgan fingerprint density at radius 1 is 1.32 bits per heavy atom. The highest BCUT2D eigenvalue weighted by atomic mass is 79.9. The first-order valence-electron chi connectivity index (χ1n) is 6.62. The maximum atomic E-state index is 5.45. The largest absolute Gasteiger partial charge is 0.493 e. The van der Waals surface area contributed by atoms with E-state index in [1.54, 1.807) is 30.7 Å². The first-order chi connectivity index (χ1) is 10.7. The number of nitrogens with one attached hydrogen (secondary N) is 1. The van der Waals surface area contributed by atoms with E-state index in [0.29, 0.717) is 6.54 Å². The lowest BCUT2D eigenvalue weighted by atomic mass is 10.2. The van der Waals surface area contributed by atoms with Crippen LogP contribution in [-0.4, -0.2) is 46.7 Å². The predicted molar refractivity (Wildman–Crippen MR) is 88.5 cm³/mol. The summed E-state index contributed by atoms with van der Waals surface area (Å²) in [5.41, 5.74) is 1.03. The molecule has 2 rings (SSSR count). The number of nitrogens with zero attached hydrogens (tertiary/aromatic N) is 4. The van der Waals surface area contributed by atoms with Gasteiger partial charge in [0.05, 0.1) is 14.2 Å². The van der Waals surface area contributed by atoms with E-state index in [4.69, 9.17) is 9.47 Å². The van der Waals surface area contributed by atoms with Crippen LogP contribution in [0.1, 0.15) is 5.56 Å². The highest BCUT2D eigenvalue weighted by Gasteiger charge is 2.13. The lowest BCUT2D eigenvalue weighted by molar-refractivity contribution is 0.350. The molecule has 2 aromatic rings. The Bertz CT molecular complexity index is 622. The number of methoxy groups -OCH3 is 2. The predicted octanol–water partition coefficient (Wildman–Crippen LogP) is 1.87. The molecule has 7 nitrogen and oxygen atoms in total. The minimum Gasteiger partial charge on any atom is -0.493 e. The number of aromatic nitrogens is 4. The second kappa shape index (κ2) is 8.35. The number of hydrogen-bond donors (Lipinski definition) is 1. The number of tetrazole rings is 1. The molecule has 0 atom stereocenters. The molecule has 0 radical (unpaired) electrons. The Morgan fingerprint density at radius 2 is 2.14 bits per heavy atom. The van der Waals surface area contributed by atoms with Crippen LogP contribution < -0.4 is 14.8 Å². The van der Waals surface area contributed by atoms with Gasteiger partial charge in [0, 0.05) is 35.9 Å². The summed E-state index contributed by atoms with van der Waals surface area (Å²) in [6.45, 7) is 1.50. The van der Waals surface area contributed by atoms with E-state index >= 15 is 0 Å². The summed E-state index contributed by atoms with van der Waals surface area (Å²) in [6.07, 6.45) is 0. The van der Waals surface area contributed by atoms with Crippen LogP contribution in [0.25, 0.3) is 0 Å². The second-order valence-corrected chi connectivity index (χ2v) is 6.29. The number of ether oxygens (including phenoxy) is 2. The van der Waals surface area contributed by atoms with E-state index in [1.165, 1.54) is 0 Å². The Balaban J connectivity index is 1.87. The van der Waals surface area contributed by atoms with Crippen LogP contribution in [0.5, 0.6) is 11.5 Å². The molecule has 1 heterocycles. The van der Waals surface area contributed by atoms with Crippen LogP contribution in [0.2, 0.25) is 0 Å². The highest BCUT2D eigenvalue weighted by Crippen LogP contribution is 2.35. The van der Waals surface area contributed by atoms with Gasteiger partial charge in [-0.3, -0.25) is 0 Å².